The standard InChI is InChI=1S/C16H16BrFO/c1-10-5-7-15(19-3)13(8-10)16(17)12-6-4-11(2)9-14(12)18/h4-9,16H,1-3H3. The zero-order valence-electron chi connectivity index (χ0n) is 11.2. The van der Waals surface area contributed by atoms with Crippen LogP contribution in [0.2, 0.25) is 0 Å². The summed E-state index contributed by atoms with van der Waals surface area (Å²) in [5.41, 5.74) is 3.59. The fourth-order valence-corrected chi connectivity index (χ4v) is 2.79. The number of benzene rings is 2. The maximum Gasteiger partial charge on any atom is 0.128 e. The molecular formula is C16H16BrFO. The van der Waals surface area contributed by atoms with Crippen molar-refractivity contribution in [3.8, 4) is 5.75 Å². The molecule has 0 spiro atoms. The van der Waals surface area contributed by atoms with Gasteiger partial charge in [0.05, 0.1) is 11.9 Å². The fraction of sp³-hybridized carbons (Fsp3) is 0.250. The first-order valence-corrected chi connectivity index (χ1v) is 6.99. The third kappa shape index (κ3) is 2.98. The second-order valence-electron chi connectivity index (χ2n) is 4.63. The lowest BCUT2D eigenvalue weighted by atomic mass is 10.0. The van der Waals surface area contributed by atoms with Crippen LogP contribution in [0.4, 0.5) is 4.39 Å². The number of halogens is 2. The smallest absolute Gasteiger partial charge is 0.128 e. The van der Waals surface area contributed by atoms with E-state index in [4.69, 9.17) is 4.74 Å². The van der Waals surface area contributed by atoms with E-state index in [1.165, 1.54) is 0 Å². The van der Waals surface area contributed by atoms with Crippen LogP contribution in [-0.4, -0.2) is 7.11 Å². The molecule has 0 aliphatic rings. The number of alkyl halides is 1. The van der Waals surface area contributed by atoms with Gasteiger partial charge in [-0.25, -0.2) is 4.39 Å². The topological polar surface area (TPSA) is 9.23 Å². The van der Waals surface area contributed by atoms with Gasteiger partial charge >= 0.3 is 0 Å². The van der Waals surface area contributed by atoms with Gasteiger partial charge in [-0.15, -0.1) is 0 Å². The SMILES string of the molecule is COc1ccc(C)cc1C(Br)c1ccc(C)cc1F. The average Bonchev–Trinajstić information content (AvgIpc) is 2.38. The Kier molecular flexibility index (Phi) is 4.25. The van der Waals surface area contributed by atoms with Crippen molar-refractivity contribution < 1.29 is 9.13 Å². The zero-order valence-corrected chi connectivity index (χ0v) is 12.8. The van der Waals surface area contributed by atoms with Crippen LogP contribution in [0, 0.1) is 19.7 Å². The third-order valence-corrected chi connectivity index (χ3v) is 4.07. The van der Waals surface area contributed by atoms with Crippen LogP contribution in [0.3, 0.4) is 0 Å². The van der Waals surface area contributed by atoms with Crippen molar-refractivity contribution in [1.82, 2.24) is 0 Å². The Morgan fingerprint density at radius 1 is 1.00 bits per heavy atom. The lowest BCUT2D eigenvalue weighted by molar-refractivity contribution is 0.410. The predicted molar refractivity (Wildman–Crippen MR) is 79.6 cm³/mol. The molecule has 0 radical (unpaired) electrons. The highest BCUT2D eigenvalue weighted by atomic mass is 79.9. The zero-order chi connectivity index (χ0) is 14.0. The Balaban J connectivity index is 2.49. The predicted octanol–water partition coefficient (Wildman–Crippen LogP) is 4.94. The molecule has 0 aromatic heterocycles. The first kappa shape index (κ1) is 14.1. The van der Waals surface area contributed by atoms with E-state index in [1.54, 1.807) is 13.2 Å². The van der Waals surface area contributed by atoms with E-state index in [0.717, 1.165) is 22.4 Å². The van der Waals surface area contributed by atoms with Crippen LogP contribution in [0.5, 0.6) is 5.75 Å². The average molecular weight is 323 g/mol. The summed E-state index contributed by atoms with van der Waals surface area (Å²) in [5.74, 6) is 0.554. The van der Waals surface area contributed by atoms with Crippen LogP contribution in [-0.2, 0) is 0 Å². The van der Waals surface area contributed by atoms with Gasteiger partial charge < -0.3 is 4.74 Å². The molecule has 100 valence electrons. The van der Waals surface area contributed by atoms with E-state index in [-0.39, 0.29) is 10.6 Å². The molecule has 0 bridgehead atoms. The van der Waals surface area contributed by atoms with Crippen molar-refractivity contribution in [3.05, 3.63) is 64.5 Å². The Morgan fingerprint density at radius 2 is 1.63 bits per heavy atom. The lowest BCUT2D eigenvalue weighted by Crippen LogP contribution is -2.00. The fourth-order valence-electron chi connectivity index (χ4n) is 2.06. The van der Waals surface area contributed by atoms with E-state index in [1.807, 2.05) is 44.2 Å². The van der Waals surface area contributed by atoms with E-state index in [2.05, 4.69) is 15.9 Å². The summed E-state index contributed by atoms with van der Waals surface area (Å²) in [6.07, 6.45) is 0. The summed E-state index contributed by atoms with van der Waals surface area (Å²) in [4.78, 5) is -0.219. The van der Waals surface area contributed by atoms with E-state index < -0.39 is 0 Å². The number of hydrogen-bond donors (Lipinski definition) is 0. The first-order valence-electron chi connectivity index (χ1n) is 6.07. The number of methoxy groups -OCH3 is 1. The maximum absolute atomic E-state index is 14.1. The Labute approximate surface area is 121 Å². The molecule has 0 amide bonds. The molecule has 3 heteroatoms. The molecule has 2 aromatic rings. The molecule has 1 atom stereocenters. The highest BCUT2D eigenvalue weighted by Gasteiger charge is 2.18. The van der Waals surface area contributed by atoms with Crippen molar-refractivity contribution in [3.63, 3.8) is 0 Å². The summed E-state index contributed by atoms with van der Waals surface area (Å²) < 4.78 is 19.4. The van der Waals surface area contributed by atoms with Crippen molar-refractivity contribution in [2.75, 3.05) is 7.11 Å². The van der Waals surface area contributed by atoms with Gasteiger partial charge in [0.15, 0.2) is 0 Å². The molecule has 0 aliphatic carbocycles. The van der Waals surface area contributed by atoms with E-state index >= 15 is 0 Å². The normalized spacial score (nSPS) is 12.3. The molecule has 0 heterocycles. The minimum atomic E-state index is -0.219. The Hall–Kier alpha value is -1.35. The van der Waals surface area contributed by atoms with Gasteiger partial charge in [-0.05, 0) is 31.5 Å². The third-order valence-electron chi connectivity index (χ3n) is 3.09. The largest absolute Gasteiger partial charge is 0.496 e. The summed E-state index contributed by atoms with van der Waals surface area (Å²) in [6.45, 7) is 3.89. The Morgan fingerprint density at radius 3 is 2.26 bits per heavy atom. The number of aryl methyl sites for hydroxylation is 2. The highest BCUT2D eigenvalue weighted by molar-refractivity contribution is 9.09. The van der Waals surface area contributed by atoms with Crippen LogP contribution in [0.15, 0.2) is 36.4 Å². The number of ether oxygens (including phenoxy) is 1. The second kappa shape index (κ2) is 5.74. The second-order valence-corrected chi connectivity index (χ2v) is 5.55. The van der Waals surface area contributed by atoms with Gasteiger partial charge in [0.1, 0.15) is 11.6 Å². The lowest BCUT2D eigenvalue weighted by Gasteiger charge is -2.16. The van der Waals surface area contributed by atoms with Crippen LogP contribution in [0.1, 0.15) is 27.1 Å². The van der Waals surface area contributed by atoms with Crippen LogP contribution in [0.25, 0.3) is 0 Å². The summed E-state index contributed by atoms with van der Waals surface area (Å²) >= 11 is 3.58. The van der Waals surface area contributed by atoms with Crippen molar-refractivity contribution in [2.24, 2.45) is 0 Å². The van der Waals surface area contributed by atoms with Gasteiger partial charge in [-0.2, -0.15) is 0 Å². The minimum Gasteiger partial charge on any atom is -0.496 e. The molecule has 1 nitrogen and oxygen atoms in total. The molecule has 0 saturated carbocycles. The van der Waals surface area contributed by atoms with Gasteiger partial charge in [-0.3, -0.25) is 0 Å². The highest BCUT2D eigenvalue weighted by Crippen LogP contribution is 2.38. The first-order chi connectivity index (χ1) is 9.02. The Bertz CT molecular complexity index is 595. The molecule has 19 heavy (non-hydrogen) atoms. The van der Waals surface area contributed by atoms with Crippen molar-refractivity contribution in [1.29, 1.82) is 0 Å². The van der Waals surface area contributed by atoms with Crippen LogP contribution >= 0.6 is 15.9 Å². The molecule has 0 aliphatic heterocycles. The van der Waals surface area contributed by atoms with Gasteiger partial charge in [-0.1, -0.05) is 45.8 Å². The van der Waals surface area contributed by atoms with E-state index in [0.29, 0.717) is 5.56 Å². The quantitative estimate of drug-likeness (QED) is 0.727. The molecule has 0 N–H and O–H groups in total. The molecule has 1 unspecified atom stereocenters. The summed E-state index contributed by atoms with van der Waals surface area (Å²) in [7, 11) is 1.62. The molecule has 0 saturated heterocycles. The minimum absolute atomic E-state index is 0.203. The maximum atomic E-state index is 14.1. The van der Waals surface area contributed by atoms with Gasteiger partial charge in [0.2, 0.25) is 0 Å². The molecular weight excluding hydrogens is 307 g/mol. The van der Waals surface area contributed by atoms with Crippen LogP contribution < -0.4 is 4.74 Å². The van der Waals surface area contributed by atoms with E-state index in [9.17, 15) is 4.39 Å². The number of hydrogen-bond acceptors (Lipinski definition) is 1. The molecule has 0 fully saturated rings. The summed E-state index contributed by atoms with van der Waals surface area (Å²) in [5, 5.41) is 0. The van der Waals surface area contributed by atoms with Crippen molar-refractivity contribution in [2.45, 2.75) is 18.7 Å². The van der Waals surface area contributed by atoms with Crippen molar-refractivity contribution >= 4 is 15.9 Å². The van der Waals surface area contributed by atoms with Gasteiger partial charge in [0, 0.05) is 11.1 Å². The number of rotatable bonds is 3. The monoisotopic (exact) mass is 322 g/mol. The molecule has 2 rings (SSSR count). The van der Waals surface area contributed by atoms with Gasteiger partial charge in [0.25, 0.3) is 0 Å². The summed E-state index contributed by atoms with van der Waals surface area (Å²) in [6, 6.07) is 11.2. The molecule has 2 aromatic carbocycles.